The van der Waals surface area contributed by atoms with Crippen molar-refractivity contribution in [1.29, 1.82) is 0 Å². The van der Waals surface area contributed by atoms with Crippen LogP contribution in [0.1, 0.15) is 11.1 Å². The number of rotatable bonds is 5. The van der Waals surface area contributed by atoms with Crippen LogP contribution in [-0.2, 0) is 6.54 Å². The molecule has 0 fully saturated rings. The van der Waals surface area contributed by atoms with Gasteiger partial charge in [0.15, 0.2) is 0 Å². The molecule has 0 atom stereocenters. The van der Waals surface area contributed by atoms with Gasteiger partial charge in [-0.1, -0.05) is 18.2 Å². The van der Waals surface area contributed by atoms with Crippen molar-refractivity contribution in [1.82, 2.24) is 10.2 Å². The summed E-state index contributed by atoms with van der Waals surface area (Å²) in [7, 11) is 4.15. The highest BCUT2D eigenvalue weighted by Crippen LogP contribution is 2.17. The van der Waals surface area contributed by atoms with E-state index in [9.17, 15) is 0 Å². The standard InChI is InChI=1S/C12H19IN2/c1-10-5-4-6-11(12(10)13)9-15(3)8-7-14-2/h4-6,14H,7-9H2,1-3H3. The Bertz CT molecular complexity index is 312. The molecular formula is C12H19IN2. The van der Waals surface area contributed by atoms with E-state index >= 15 is 0 Å². The van der Waals surface area contributed by atoms with Crippen LogP contribution in [0.25, 0.3) is 0 Å². The molecule has 2 nitrogen and oxygen atoms in total. The Hall–Kier alpha value is -0.130. The van der Waals surface area contributed by atoms with Gasteiger partial charge in [-0.05, 0) is 54.7 Å². The van der Waals surface area contributed by atoms with Crippen molar-refractivity contribution < 1.29 is 0 Å². The van der Waals surface area contributed by atoms with Crippen molar-refractivity contribution in [2.24, 2.45) is 0 Å². The summed E-state index contributed by atoms with van der Waals surface area (Å²) in [6.07, 6.45) is 0. The van der Waals surface area contributed by atoms with Crippen molar-refractivity contribution in [3.05, 3.63) is 32.9 Å². The molecular weight excluding hydrogens is 299 g/mol. The molecule has 0 saturated heterocycles. The highest BCUT2D eigenvalue weighted by molar-refractivity contribution is 14.1. The van der Waals surface area contributed by atoms with Crippen LogP contribution < -0.4 is 5.32 Å². The average Bonchev–Trinajstić information content (AvgIpc) is 2.22. The summed E-state index contributed by atoms with van der Waals surface area (Å²) in [5, 5.41) is 3.17. The number of likely N-dealkylation sites (N-methyl/N-ethyl adjacent to an activating group) is 2. The van der Waals surface area contributed by atoms with Crippen LogP contribution in [0.5, 0.6) is 0 Å². The summed E-state index contributed by atoms with van der Waals surface area (Å²) in [5.41, 5.74) is 2.80. The molecule has 0 bridgehead atoms. The van der Waals surface area contributed by atoms with Gasteiger partial charge in [-0.2, -0.15) is 0 Å². The molecule has 0 amide bonds. The first-order valence-corrected chi connectivity index (χ1v) is 6.30. The summed E-state index contributed by atoms with van der Waals surface area (Å²) in [6.45, 7) is 5.32. The van der Waals surface area contributed by atoms with E-state index in [-0.39, 0.29) is 0 Å². The first-order valence-electron chi connectivity index (χ1n) is 5.22. The Morgan fingerprint density at radius 2 is 2.13 bits per heavy atom. The van der Waals surface area contributed by atoms with Gasteiger partial charge in [0.25, 0.3) is 0 Å². The van der Waals surface area contributed by atoms with Gasteiger partial charge < -0.3 is 10.2 Å². The minimum atomic E-state index is 1.03. The SMILES string of the molecule is CNCCN(C)Cc1cccc(C)c1I. The van der Waals surface area contributed by atoms with Gasteiger partial charge in [0, 0.05) is 23.2 Å². The van der Waals surface area contributed by atoms with Crippen LogP contribution in [0.15, 0.2) is 18.2 Å². The summed E-state index contributed by atoms with van der Waals surface area (Å²) in [6, 6.07) is 6.52. The minimum Gasteiger partial charge on any atom is -0.318 e. The van der Waals surface area contributed by atoms with Gasteiger partial charge in [-0.15, -0.1) is 0 Å². The average molecular weight is 318 g/mol. The molecule has 84 valence electrons. The Kier molecular flexibility index (Phi) is 5.56. The van der Waals surface area contributed by atoms with Crippen molar-refractivity contribution in [3.8, 4) is 0 Å². The van der Waals surface area contributed by atoms with Crippen molar-refractivity contribution >= 4 is 22.6 Å². The van der Waals surface area contributed by atoms with Crippen molar-refractivity contribution in [2.75, 3.05) is 27.2 Å². The van der Waals surface area contributed by atoms with Gasteiger partial charge in [0.1, 0.15) is 0 Å². The molecule has 0 unspecified atom stereocenters. The van der Waals surface area contributed by atoms with E-state index < -0.39 is 0 Å². The molecule has 0 aliphatic rings. The molecule has 0 aromatic heterocycles. The largest absolute Gasteiger partial charge is 0.318 e. The predicted octanol–water partition coefficient (Wildman–Crippen LogP) is 2.25. The molecule has 0 aliphatic carbocycles. The zero-order valence-electron chi connectivity index (χ0n) is 9.68. The topological polar surface area (TPSA) is 15.3 Å². The third-order valence-electron chi connectivity index (χ3n) is 2.46. The second-order valence-electron chi connectivity index (χ2n) is 3.89. The van der Waals surface area contributed by atoms with Gasteiger partial charge in [-0.25, -0.2) is 0 Å². The van der Waals surface area contributed by atoms with Crippen LogP contribution in [0.4, 0.5) is 0 Å². The Balaban J connectivity index is 2.60. The highest BCUT2D eigenvalue weighted by atomic mass is 127. The van der Waals surface area contributed by atoms with Crippen LogP contribution in [0, 0.1) is 10.5 Å². The number of halogens is 1. The third-order valence-corrected chi connectivity index (χ3v) is 4.00. The van der Waals surface area contributed by atoms with Crippen LogP contribution in [0.2, 0.25) is 0 Å². The van der Waals surface area contributed by atoms with E-state index in [1.807, 2.05) is 7.05 Å². The quantitative estimate of drug-likeness (QED) is 0.838. The fraction of sp³-hybridized carbons (Fsp3) is 0.500. The summed E-state index contributed by atoms with van der Waals surface area (Å²) < 4.78 is 1.39. The summed E-state index contributed by atoms with van der Waals surface area (Å²) in [4.78, 5) is 2.34. The number of nitrogens with zero attached hydrogens (tertiary/aromatic N) is 1. The van der Waals surface area contributed by atoms with Gasteiger partial charge >= 0.3 is 0 Å². The van der Waals surface area contributed by atoms with E-state index in [4.69, 9.17) is 0 Å². The lowest BCUT2D eigenvalue weighted by molar-refractivity contribution is 0.327. The zero-order valence-corrected chi connectivity index (χ0v) is 11.8. The van der Waals surface area contributed by atoms with Crippen LogP contribution >= 0.6 is 22.6 Å². The second kappa shape index (κ2) is 6.45. The lowest BCUT2D eigenvalue weighted by Crippen LogP contribution is -2.27. The molecule has 0 heterocycles. The molecule has 3 heteroatoms. The Labute approximate surface area is 106 Å². The predicted molar refractivity (Wildman–Crippen MR) is 74.2 cm³/mol. The molecule has 0 spiro atoms. The van der Waals surface area contributed by atoms with Gasteiger partial charge in [0.05, 0.1) is 0 Å². The van der Waals surface area contributed by atoms with Crippen molar-refractivity contribution in [3.63, 3.8) is 0 Å². The molecule has 1 rings (SSSR count). The zero-order chi connectivity index (χ0) is 11.3. The molecule has 0 saturated carbocycles. The number of hydrogen-bond acceptors (Lipinski definition) is 2. The fourth-order valence-electron chi connectivity index (χ4n) is 1.50. The number of hydrogen-bond donors (Lipinski definition) is 1. The molecule has 1 N–H and O–H groups in total. The summed E-state index contributed by atoms with van der Waals surface area (Å²) in [5.74, 6) is 0. The molecule has 15 heavy (non-hydrogen) atoms. The van der Waals surface area contributed by atoms with Gasteiger partial charge in [0.2, 0.25) is 0 Å². The Morgan fingerprint density at radius 3 is 2.80 bits per heavy atom. The Morgan fingerprint density at radius 1 is 1.40 bits per heavy atom. The first kappa shape index (κ1) is 12.9. The first-order chi connectivity index (χ1) is 7.15. The van der Waals surface area contributed by atoms with E-state index in [0.717, 1.165) is 19.6 Å². The third kappa shape index (κ3) is 4.09. The lowest BCUT2D eigenvalue weighted by Gasteiger charge is -2.17. The maximum Gasteiger partial charge on any atom is 0.0241 e. The van der Waals surface area contributed by atoms with Crippen LogP contribution in [-0.4, -0.2) is 32.1 Å². The molecule has 0 aliphatic heterocycles. The van der Waals surface area contributed by atoms with Crippen LogP contribution in [0.3, 0.4) is 0 Å². The maximum atomic E-state index is 3.17. The van der Waals surface area contributed by atoms with Crippen molar-refractivity contribution in [2.45, 2.75) is 13.5 Å². The molecule has 1 aromatic rings. The van der Waals surface area contributed by atoms with Gasteiger partial charge in [-0.3, -0.25) is 0 Å². The normalized spacial score (nSPS) is 11.0. The van der Waals surface area contributed by atoms with E-state index in [2.05, 4.69) is 65.0 Å². The molecule has 1 aromatic carbocycles. The number of nitrogens with one attached hydrogen (secondary N) is 1. The monoisotopic (exact) mass is 318 g/mol. The minimum absolute atomic E-state index is 1.03. The summed E-state index contributed by atoms with van der Waals surface area (Å²) >= 11 is 2.43. The number of benzene rings is 1. The smallest absolute Gasteiger partial charge is 0.0241 e. The maximum absolute atomic E-state index is 3.17. The van der Waals surface area contributed by atoms with E-state index in [1.165, 1.54) is 14.7 Å². The second-order valence-corrected chi connectivity index (χ2v) is 4.97. The molecule has 0 radical (unpaired) electrons. The van der Waals surface area contributed by atoms with E-state index in [0.29, 0.717) is 0 Å². The number of aryl methyl sites for hydroxylation is 1. The lowest BCUT2D eigenvalue weighted by atomic mass is 10.1. The van der Waals surface area contributed by atoms with E-state index in [1.54, 1.807) is 0 Å². The highest BCUT2D eigenvalue weighted by Gasteiger charge is 2.04. The fourth-order valence-corrected chi connectivity index (χ4v) is 2.03.